The second-order valence-corrected chi connectivity index (χ2v) is 23.2. The molecule has 0 N–H and O–H groups in total. The zero-order valence-corrected chi connectivity index (χ0v) is 37.7. The summed E-state index contributed by atoms with van der Waals surface area (Å²) in [6, 6.07) is 20.0. The van der Waals surface area contributed by atoms with Crippen LogP contribution in [-0.2, 0) is 32.5 Å². The lowest BCUT2D eigenvalue weighted by molar-refractivity contribution is 0.278. The lowest BCUT2D eigenvalue weighted by Gasteiger charge is -2.43. The molecule has 6 heterocycles. The summed E-state index contributed by atoms with van der Waals surface area (Å²) >= 11 is 0. The number of fused-ring (bicyclic) bond motifs is 13. The average Bonchev–Trinajstić information content (AvgIpc) is 4.01. The molecule has 7 aromatic rings. The van der Waals surface area contributed by atoms with Crippen molar-refractivity contribution < 1.29 is 17.7 Å². The standard InChI is InChI=1S/C54H58BNO4/c1-49(2)20-23-52(7,8)44-38(49)35(28-57-44)56-34-27-29(30-17-15-18-32-31-16-13-14-19-36(31)58-43(30)32)26-33-37-39-45(53(9,10)24-21-50(39,3)4)59-47(37)55(41(33)34)48-42(56)40-46(60-48)54(11,12)25-22-51(40,5)6/h13-19,26-28H,20-25H2,1-12H3. The van der Waals surface area contributed by atoms with Crippen molar-refractivity contribution in [3.8, 4) is 22.3 Å². The highest BCUT2D eigenvalue weighted by Gasteiger charge is 2.57. The molecular weight excluding hydrogens is 737 g/mol. The number of hydrogen-bond acceptors (Lipinski definition) is 5. The van der Waals surface area contributed by atoms with Gasteiger partial charge >= 0.3 is 6.71 Å². The van der Waals surface area contributed by atoms with Crippen molar-refractivity contribution in [3.05, 3.63) is 94.8 Å². The Morgan fingerprint density at radius 3 is 1.82 bits per heavy atom. The topological polar surface area (TPSA) is 55.8 Å². The Balaban J connectivity index is 1.26. The number of anilines is 3. The maximum absolute atomic E-state index is 7.59. The molecule has 3 aliphatic carbocycles. The van der Waals surface area contributed by atoms with E-state index >= 15 is 0 Å². The molecule has 0 radical (unpaired) electrons. The summed E-state index contributed by atoms with van der Waals surface area (Å²) in [5.74, 6) is 3.38. The van der Waals surface area contributed by atoms with E-state index in [1.54, 1.807) is 0 Å². The van der Waals surface area contributed by atoms with Gasteiger partial charge in [0.15, 0.2) is 0 Å². The summed E-state index contributed by atoms with van der Waals surface area (Å²) in [5.41, 5.74) is 16.9. The maximum Gasteiger partial charge on any atom is 0.338 e. The summed E-state index contributed by atoms with van der Waals surface area (Å²) in [4.78, 5) is 2.61. The van der Waals surface area contributed by atoms with Gasteiger partial charge in [-0.05, 0) is 89.6 Å². The first-order valence-corrected chi connectivity index (χ1v) is 22.6. The first-order chi connectivity index (χ1) is 28.2. The molecule has 4 aromatic heterocycles. The third kappa shape index (κ3) is 4.56. The highest BCUT2D eigenvalue weighted by molar-refractivity contribution is 7.00. The van der Waals surface area contributed by atoms with E-state index in [4.69, 9.17) is 17.7 Å². The number of benzene rings is 3. The van der Waals surface area contributed by atoms with Crippen LogP contribution in [0.1, 0.15) is 156 Å². The lowest BCUT2D eigenvalue weighted by Crippen LogP contribution is -2.54. The van der Waals surface area contributed by atoms with Crippen molar-refractivity contribution >= 4 is 62.5 Å². The SMILES string of the molecule is CC1(C)CCC(C)(C)c2c(N3c4cc(-c5cccc6c5oc5ccccc56)cc5c4B(c4oc6c(c4-5)C(C)(C)CCC6(C)C)c4oc5c(c43)C(C)(C)CCC5(C)C)coc21. The van der Waals surface area contributed by atoms with Gasteiger partial charge in [0.1, 0.15) is 40.4 Å². The molecule has 60 heavy (non-hydrogen) atoms. The zero-order valence-electron chi connectivity index (χ0n) is 37.7. The van der Waals surface area contributed by atoms with Crippen LogP contribution < -0.4 is 21.7 Å². The largest absolute Gasteiger partial charge is 0.474 e. The van der Waals surface area contributed by atoms with Crippen LogP contribution in [0.2, 0.25) is 0 Å². The van der Waals surface area contributed by atoms with E-state index in [2.05, 4.69) is 149 Å². The number of furan rings is 4. The normalized spacial score (nSPS) is 21.7. The average molecular weight is 796 g/mol. The molecule has 3 aromatic carbocycles. The van der Waals surface area contributed by atoms with Gasteiger partial charge in [-0.25, -0.2) is 0 Å². The maximum atomic E-state index is 7.59. The molecule has 306 valence electrons. The molecule has 6 heteroatoms. The van der Waals surface area contributed by atoms with Gasteiger partial charge in [-0.15, -0.1) is 0 Å². The molecule has 0 spiro atoms. The number of nitrogens with zero attached hydrogens (tertiary/aromatic N) is 1. The van der Waals surface area contributed by atoms with Gasteiger partial charge in [0.25, 0.3) is 0 Å². The Morgan fingerprint density at radius 2 is 1.10 bits per heavy atom. The molecule has 0 fully saturated rings. The molecule has 0 bridgehead atoms. The van der Waals surface area contributed by atoms with E-state index in [9.17, 15) is 0 Å². The molecule has 0 amide bonds. The van der Waals surface area contributed by atoms with Crippen molar-refractivity contribution in [1.29, 1.82) is 0 Å². The molecule has 5 nitrogen and oxygen atoms in total. The molecule has 5 aliphatic rings. The molecule has 0 saturated carbocycles. The fourth-order valence-corrected chi connectivity index (χ4v) is 12.5. The Kier molecular flexibility index (Phi) is 6.87. The minimum atomic E-state index is -0.172. The van der Waals surface area contributed by atoms with Crippen LogP contribution in [0.4, 0.5) is 17.1 Å². The van der Waals surface area contributed by atoms with E-state index in [1.165, 1.54) is 44.7 Å². The van der Waals surface area contributed by atoms with Gasteiger partial charge in [-0.1, -0.05) is 119 Å². The Labute approximate surface area is 355 Å². The van der Waals surface area contributed by atoms with Crippen LogP contribution in [0.25, 0.3) is 44.2 Å². The quantitative estimate of drug-likeness (QED) is 0.163. The minimum Gasteiger partial charge on any atom is -0.474 e. The smallest absolute Gasteiger partial charge is 0.338 e. The zero-order chi connectivity index (χ0) is 41.8. The van der Waals surface area contributed by atoms with Crippen LogP contribution in [-0.4, -0.2) is 6.71 Å². The van der Waals surface area contributed by atoms with E-state index in [0.717, 1.165) is 106 Å². The van der Waals surface area contributed by atoms with Crippen molar-refractivity contribution in [3.63, 3.8) is 0 Å². The highest BCUT2D eigenvalue weighted by Crippen LogP contribution is 2.60. The predicted octanol–water partition coefficient (Wildman–Crippen LogP) is 13.4. The van der Waals surface area contributed by atoms with Gasteiger partial charge < -0.3 is 22.6 Å². The van der Waals surface area contributed by atoms with Crippen LogP contribution in [0, 0.1) is 0 Å². The Morgan fingerprint density at radius 1 is 0.517 bits per heavy atom. The highest BCUT2D eigenvalue weighted by atomic mass is 16.4. The predicted molar refractivity (Wildman–Crippen MR) is 247 cm³/mol. The van der Waals surface area contributed by atoms with E-state index < -0.39 is 0 Å². The van der Waals surface area contributed by atoms with Gasteiger partial charge in [0.05, 0.1) is 17.0 Å². The number of para-hydroxylation sites is 2. The summed E-state index contributed by atoms with van der Waals surface area (Å²) < 4.78 is 28.8. The molecule has 0 unspecified atom stereocenters. The van der Waals surface area contributed by atoms with Crippen molar-refractivity contribution in [2.45, 2.75) is 154 Å². The first kappa shape index (κ1) is 37.0. The van der Waals surface area contributed by atoms with Gasteiger partial charge in [-0.2, -0.15) is 0 Å². The lowest BCUT2D eigenvalue weighted by atomic mass is 9.41. The van der Waals surface area contributed by atoms with Crippen LogP contribution in [0.15, 0.2) is 78.5 Å². The fraction of sp³-hybridized carbons (Fsp3) is 0.444. The van der Waals surface area contributed by atoms with E-state index in [0.29, 0.717) is 0 Å². The summed E-state index contributed by atoms with van der Waals surface area (Å²) in [6.07, 6.45) is 8.59. The fourth-order valence-electron chi connectivity index (χ4n) is 12.5. The summed E-state index contributed by atoms with van der Waals surface area (Å²) in [5, 5.41) is 2.28. The Hall–Kier alpha value is -4.84. The second-order valence-electron chi connectivity index (χ2n) is 23.2. The second kappa shape index (κ2) is 11.2. The minimum absolute atomic E-state index is 0.0643. The van der Waals surface area contributed by atoms with Crippen molar-refractivity contribution in [2.75, 3.05) is 4.90 Å². The monoisotopic (exact) mass is 795 g/mol. The van der Waals surface area contributed by atoms with Gasteiger partial charge in [0.2, 0.25) is 0 Å². The van der Waals surface area contributed by atoms with Crippen LogP contribution >= 0.6 is 0 Å². The third-order valence-corrected chi connectivity index (χ3v) is 16.3. The number of hydrogen-bond donors (Lipinski definition) is 0. The molecule has 0 saturated heterocycles. The third-order valence-electron chi connectivity index (χ3n) is 16.3. The summed E-state index contributed by atoms with van der Waals surface area (Å²) in [7, 11) is 0. The van der Waals surface area contributed by atoms with Crippen LogP contribution in [0.3, 0.4) is 0 Å². The molecule has 12 rings (SSSR count). The van der Waals surface area contributed by atoms with Crippen LogP contribution in [0.5, 0.6) is 0 Å². The van der Waals surface area contributed by atoms with E-state index in [-0.39, 0.29) is 39.2 Å². The first-order valence-electron chi connectivity index (χ1n) is 22.6. The molecular formula is C54H58BNO4. The van der Waals surface area contributed by atoms with Crippen molar-refractivity contribution in [1.82, 2.24) is 0 Å². The van der Waals surface area contributed by atoms with E-state index in [1.807, 2.05) is 0 Å². The number of rotatable bonds is 2. The van der Waals surface area contributed by atoms with Crippen molar-refractivity contribution in [2.24, 2.45) is 0 Å². The van der Waals surface area contributed by atoms with Gasteiger partial charge in [0, 0.05) is 60.5 Å². The molecule has 2 aliphatic heterocycles. The molecule has 0 atom stereocenters. The Bertz CT molecular complexity index is 3020. The van der Waals surface area contributed by atoms with Gasteiger partial charge in [-0.3, -0.25) is 0 Å². The summed E-state index contributed by atoms with van der Waals surface area (Å²) in [6.45, 7) is 28.6.